The molecule has 20 heavy (non-hydrogen) atoms. The fourth-order valence-electron chi connectivity index (χ4n) is 2.31. The van der Waals surface area contributed by atoms with Gasteiger partial charge < -0.3 is 4.74 Å². The van der Waals surface area contributed by atoms with Crippen molar-refractivity contribution in [2.75, 3.05) is 19.7 Å². The van der Waals surface area contributed by atoms with Crippen molar-refractivity contribution in [2.24, 2.45) is 0 Å². The Kier molecular flexibility index (Phi) is 5.15. The molecule has 1 aromatic carbocycles. The Labute approximate surface area is 123 Å². The molecule has 0 bridgehead atoms. The van der Waals surface area contributed by atoms with Crippen LogP contribution >= 0.6 is 11.6 Å². The number of carbonyl (C=O) groups excluding carboxylic acids is 2. The van der Waals surface area contributed by atoms with Crippen LogP contribution in [0.3, 0.4) is 0 Å². The summed E-state index contributed by atoms with van der Waals surface area (Å²) in [6.45, 7) is 4.80. The van der Waals surface area contributed by atoms with Crippen molar-refractivity contribution in [1.82, 2.24) is 4.90 Å². The number of hydrogen-bond donors (Lipinski definition) is 0. The number of likely N-dealkylation sites (tertiary alicyclic amines) is 1. The number of hydrogen-bond acceptors (Lipinski definition) is 4. The van der Waals surface area contributed by atoms with E-state index in [0.717, 1.165) is 25.2 Å². The maximum absolute atomic E-state index is 11.8. The molecule has 1 aromatic rings. The lowest BCUT2D eigenvalue weighted by atomic mass is 10.1. The molecule has 4 nitrogen and oxygen atoms in total. The van der Waals surface area contributed by atoms with E-state index < -0.39 is 11.8 Å². The lowest BCUT2D eigenvalue weighted by Crippen LogP contribution is -2.19. The molecular formula is C15H18ClNO3. The van der Waals surface area contributed by atoms with E-state index >= 15 is 0 Å². The molecule has 2 rings (SSSR count). The van der Waals surface area contributed by atoms with Gasteiger partial charge in [-0.1, -0.05) is 23.7 Å². The molecular weight excluding hydrogens is 278 g/mol. The lowest BCUT2D eigenvalue weighted by Gasteiger charge is -2.15. The zero-order chi connectivity index (χ0) is 14.5. The minimum Gasteiger partial charge on any atom is -0.460 e. The van der Waals surface area contributed by atoms with Gasteiger partial charge in [-0.2, -0.15) is 0 Å². The highest BCUT2D eigenvalue weighted by molar-refractivity contribution is 6.41. The number of Topliss-reactive ketones (excluding diaryl/α,β-unsaturated/α-hetero) is 1. The zero-order valence-electron chi connectivity index (χ0n) is 11.5. The van der Waals surface area contributed by atoms with Crippen LogP contribution in [0.15, 0.2) is 18.2 Å². The first-order chi connectivity index (χ1) is 9.61. The van der Waals surface area contributed by atoms with Gasteiger partial charge in [-0.15, -0.1) is 0 Å². The Morgan fingerprint density at radius 3 is 2.60 bits per heavy atom. The number of rotatable bonds is 5. The highest BCUT2D eigenvalue weighted by Crippen LogP contribution is 2.22. The first-order valence-corrected chi connectivity index (χ1v) is 7.22. The average Bonchev–Trinajstić information content (AvgIpc) is 2.93. The molecule has 5 heteroatoms. The summed E-state index contributed by atoms with van der Waals surface area (Å²) in [5.41, 5.74) is 1.26. The van der Waals surface area contributed by atoms with Crippen LogP contribution in [-0.2, 0) is 16.1 Å². The van der Waals surface area contributed by atoms with Crippen molar-refractivity contribution in [3.63, 3.8) is 0 Å². The van der Waals surface area contributed by atoms with Crippen molar-refractivity contribution in [2.45, 2.75) is 26.3 Å². The molecule has 0 spiro atoms. The summed E-state index contributed by atoms with van der Waals surface area (Å²) < 4.78 is 4.70. The third-order valence-corrected chi connectivity index (χ3v) is 3.72. The minimum atomic E-state index is -0.837. The Morgan fingerprint density at radius 2 is 2.00 bits per heavy atom. The Morgan fingerprint density at radius 1 is 1.30 bits per heavy atom. The van der Waals surface area contributed by atoms with Gasteiger partial charge in [0.15, 0.2) is 0 Å². The second-order valence-electron chi connectivity index (χ2n) is 4.84. The van der Waals surface area contributed by atoms with E-state index in [2.05, 4.69) is 4.90 Å². The largest absolute Gasteiger partial charge is 0.460 e. The molecule has 0 saturated carbocycles. The molecule has 1 heterocycles. The maximum atomic E-state index is 11.8. The van der Waals surface area contributed by atoms with E-state index in [1.807, 2.05) is 6.07 Å². The van der Waals surface area contributed by atoms with E-state index in [4.69, 9.17) is 16.3 Å². The second-order valence-corrected chi connectivity index (χ2v) is 5.25. The zero-order valence-corrected chi connectivity index (χ0v) is 12.3. The van der Waals surface area contributed by atoms with Gasteiger partial charge in [0, 0.05) is 17.1 Å². The Balaban J connectivity index is 2.08. The van der Waals surface area contributed by atoms with Crippen molar-refractivity contribution in [3.05, 3.63) is 34.3 Å². The van der Waals surface area contributed by atoms with Crippen LogP contribution in [-0.4, -0.2) is 36.3 Å². The second kappa shape index (κ2) is 6.86. The Bertz CT molecular complexity index is 510. The summed E-state index contributed by atoms with van der Waals surface area (Å²) in [6, 6.07) is 5.00. The molecule has 0 radical (unpaired) electrons. The highest BCUT2D eigenvalue weighted by Gasteiger charge is 2.19. The molecule has 0 N–H and O–H groups in total. The molecule has 0 amide bonds. The highest BCUT2D eigenvalue weighted by atomic mass is 35.5. The molecule has 1 aliphatic heterocycles. The fraction of sp³-hybridized carbons (Fsp3) is 0.467. The maximum Gasteiger partial charge on any atom is 0.379 e. The predicted octanol–water partition coefficient (Wildman–Crippen LogP) is 2.68. The molecule has 108 valence electrons. The number of nitrogens with zero attached hydrogens (tertiary/aromatic N) is 1. The first-order valence-electron chi connectivity index (χ1n) is 6.84. The minimum absolute atomic E-state index is 0.186. The third kappa shape index (κ3) is 3.58. The van der Waals surface area contributed by atoms with Crippen molar-refractivity contribution >= 4 is 23.4 Å². The van der Waals surface area contributed by atoms with E-state index in [1.165, 1.54) is 12.8 Å². The molecule has 0 aromatic heterocycles. The summed E-state index contributed by atoms with van der Waals surface area (Å²) in [6.07, 6.45) is 2.44. The van der Waals surface area contributed by atoms with Crippen LogP contribution in [0.1, 0.15) is 35.7 Å². The van der Waals surface area contributed by atoms with E-state index in [1.54, 1.807) is 19.1 Å². The van der Waals surface area contributed by atoms with Gasteiger partial charge >= 0.3 is 5.97 Å². The monoisotopic (exact) mass is 295 g/mol. The number of halogens is 1. The van der Waals surface area contributed by atoms with Gasteiger partial charge in [-0.05, 0) is 44.5 Å². The molecule has 1 fully saturated rings. The SMILES string of the molecule is CCOC(=O)C(=O)c1ccc(CN2CCCC2)c(Cl)c1. The van der Waals surface area contributed by atoms with Crippen LogP contribution in [0, 0.1) is 0 Å². The standard InChI is InChI=1S/C15H18ClNO3/c1-2-20-15(19)14(18)11-5-6-12(13(16)9-11)10-17-7-3-4-8-17/h5-6,9H,2-4,7-8,10H2,1H3. The van der Waals surface area contributed by atoms with Gasteiger partial charge in [0.05, 0.1) is 6.61 Å². The van der Waals surface area contributed by atoms with Gasteiger partial charge in [0.1, 0.15) is 0 Å². The lowest BCUT2D eigenvalue weighted by molar-refractivity contribution is -0.137. The van der Waals surface area contributed by atoms with E-state index in [0.29, 0.717) is 5.02 Å². The van der Waals surface area contributed by atoms with Crippen molar-refractivity contribution in [3.8, 4) is 0 Å². The average molecular weight is 296 g/mol. The Hall–Kier alpha value is -1.39. The summed E-state index contributed by atoms with van der Waals surface area (Å²) in [4.78, 5) is 25.5. The van der Waals surface area contributed by atoms with Crippen molar-refractivity contribution in [1.29, 1.82) is 0 Å². The number of ketones is 1. The normalized spacial score (nSPS) is 15.3. The van der Waals surface area contributed by atoms with Gasteiger partial charge in [0.2, 0.25) is 0 Å². The topological polar surface area (TPSA) is 46.6 Å². The molecule has 0 atom stereocenters. The quantitative estimate of drug-likeness (QED) is 0.476. The first kappa shape index (κ1) is 15.0. The summed E-state index contributed by atoms with van der Waals surface area (Å²) in [7, 11) is 0. The molecule has 1 saturated heterocycles. The number of carbonyl (C=O) groups is 2. The van der Waals surface area contributed by atoms with Gasteiger partial charge in [0.25, 0.3) is 5.78 Å². The number of esters is 1. The molecule has 0 unspecified atom stereocenters. The predicted molar refractivity (Wildman–Crippen MR) is 76.9 cm³/mol. The van der Waals surface area contributed by atoms with Gasteiger partial charge in [-0.25, -0.2) is 4.79 Å². The van der Waals surface area contributed by atoms with Crippen LogP contribution in [0.2, 0.25) is 5.02 Å². The molecule has 1 aliphatic rings. The fourth-order valence-corrected chi connectivity index (χ4v) is 2.55. The van der Waals surface area contributed by atoms with E-state index in [9.17, 15) is 9.59 Å². The summed E-state index contributed by atoms with van der Waals surface area (Å²) >= 11 is 6.20. The van der Waals surface area contributed by atoms with Crippen molar-refractivity contribution < 1.29 is 14.3 Å². The van der Waals surface area contributed by atoms with Crippen LogP contribution in [0.5, 0.6) is 0 Å². The van der Waals surface area contributed by atoms with Gasteiger partial charge in [-0.3, -0.25) is 9.69 Å². The van der Waals surface area contributed by atoms with Crippen LogP contribution < -0.4 is 0 Å². The summed E-state index contributed by atoms with van der Waals surface area (Å²) in [5.74, 6) is -1.49. The smallest absolute Gasteiger partial charge is 0.379 e. The van der Waals surface area contributed by atoms with Crippen LogP contribution in [0.25, 0.3) is 0 Å². The molecule has 0 aliphatic carbocycles. The third-order valence-electron chi connectivity index (χ3n) is 3.37. The number of benzene rings is 1. The summed E-state index contributed by atoms with van der Waals surface area (Å²) in [5, 5.41) is 0.520. The van der Waals surface area contributed by atoms with E-state index in [-0.39, 0.29) is 12.2 Å². The number of ether oxygens (including phenoxy) is 1. The van der Waals surface area contributed by atoms with Crippen LogP contribution in [0.4, 0.5) is 0 Å².